The van der Waals surface area contributed by atoms with Gasteiger partial charge in [0.05, 0.1) is 15.8 Å². The predicted octanol–water partition coefficient (Wildman–Crippen LogP) is 2.88. The van der Waals surface area contributed by atoms with Gasteiger partial charge in [-0.1, -0.05) is 0 Å². The third kappa shape index (κ3) is 1.65. The van der Waals surface area contributed by atoms with Crippen LogP contribution in [-0.4, -0.2) is 21.4 Å². The van der Waals surface area contributed by atoms with Crippen LogP contribution in [0.15, 0.2) is 36.7 Å². The molecule has 0 unspecified atom stereocenters. The van der Waals surface area contributed by atoms with Gasteiger partial charge in [-0.25, -0.2) is 4.98 Å². The highest BCUT2D eigenvalue weighted by Crippen LogP contribution is 2.36. The highest BCUT2D eigenvalue weighted by atomic mass is 32.1. The van der Waals surface area contributed by atoms with Gasteiger partial charge in [-0.05, 0) is 24.3 Å². The molecule has 0 bridgehead atoms. The normalized spacial score (nSPS) is 10.7. The molecule has 0 fully saturated rings. The number of pyridine rings is 1. The van der Waals surface area contributed by atoms with Gasteiger partial charge in [0.2, 0.25) is 0 Å². The lowest BCUT2D eigenvalue weighted by Gasteiger charge is -1.95. The number of aromatic hydroxyl groups is 1. The van der Waals surface area contributed by atoms with E-state index in [1.54, 1.807) is 24.5 Å². The average molecular weight is 256 g/mol. The van der Waals surface area contributed by atoms with E-state index in [0.29, 0.717) is 16.5 Å². The molecule has 1 aromatic carbocycles. The van der Waals surface area contributed by atoms with Crippen LogP contribution < -0.4 is 0 Å². The smallest absolute Gasteiger partial charge is 0.153 e. The molecule has 2 heterocycles. The van der Waals surface area contributed by atoms with Gasteiger partial charge >= 0.3 is 0 Å². The Morgan fingerprint density at radius 2 is 2.17 bits per heavy atom. The monoisotopic (exact) mass is 256 g/mol. The Morgan fingerprint density at radius 1 is 1.28 bits per heavy atom. The van der Waals surface area contributed by atoms with Crippen molar-refractivity contribution < 1.29 is 9.90 Å². The van der Waals surface area contributed by atoms with Crippen molar-refractivity contribution in [3.8, 4) is 16.3 Å². The van der Waals surface area contributed by atoms with Crippen LogP contribution >= 0.6 is 11.3 Å². The zero-order chi connectivity index (χ0) is 12.5. The lowest BCUT2D eigenvalue weighted by atomic mass is 10.2. The van der Waals surface area contributed by atoms with Gasteiger partial charge in [-0.3, -0.25) is 9.78 Å². The van der Waals surface area contributed by atoms with Gasteiger partial charge in [0.1, 0.15) is 10.8 Å². The lowest BCUT2D eigenvalue weighted by Crippen LogP contribution is -1.80. The number of phenolic OH excluding ortho intramolecular Hbond substituents is 1. The van der Waals surface area contributed by atoms with Crippen molar-refractivity contribution in [2.75, 3.05) is 0 Å². The van der Waals surface area contributed by atoms with Crippen molar-refractivity contribution in [2.24, 2.45) is 0 Å². The van der Waals surface area contributed by atoms with Crippen LogP contribution in [0.25, 0.3) is 20.8 Å². The largest absolute Gasteiger partial charge is 0.506 e. The van der Waals surface area contributed by atoms with Gasteiger partial charge in [0.15, 0.2) is 6.29 Å². The maximum Gasteiger partial charge on any atom is 0.153 e. The van der Waals surface area contributed by atoms with E-state index in [2.05, 4.69) is 9.97 Å². The molecule has 3 aromatic rings. The van der Waals surface area contributed by atoms with Crippen molar-refractivity contribution in [3.63, 3.8) is 0 Å². The number of carbonyl (C=O) groups excluding carboxylic acids is 1. The van der Waals surface area contributed by atoms with Gasteiger partial charge in [-0.15, -0.1) is 11.3 Å². The number of carbonyl (C=O) groups is 1. The van der Waals surface area contributed by atoms with E-state index in [0.717, 1.165) is 10.6 Å². The van der Waals surface area contributed by atoms with Gasteiger partial charge in [-0.2, -0.15) is 0 Å². The Kier molecular flexibility index (Phi) is 2.53. The molecule has 0 aliphatic heterocycles. The lowest BCUT2D eigenvalue weighted by molar-refractivity contribution is 0.112. The standard InChI is InChI=1S/C13H8N2O2S/c16-7-9-3-4-10-12(11(9)17)18-13(15-10)8-2-1-5-14-6-8/h1-7,17H. The van der Waals surface area contributed by atoms with E-state index >= 15 is 0 Å². The minimum absolute atomic E-state index is 0.00450. The molecule has 0 aliphatic carbocycles. The average Bonchev–Trinajstić information content (AvgIpc) is 2.85. The van der Waals surface area contributed by atoms with Crippen LogP contribution in [0.5, 0.6) is 5.75 Å². The number of phenols is 1. The van der Waals surface area contributed by atoms with E-state index in [1.807, 2.05) is 12.1 Å². The zero-order valence-corrected chi connectivity index (χ0v) is 10.0. The topological polar surface area (TPSA) is 63.1 Å². The fraction of sp³-hybridized carbons (Fsp3) is 0. The zero-order valence-electron chi connectivity index (χ0n) is 9.20. The maximum atomic E-state index is 10.8. The van der Waals surface area contributed by atoms with Gasteiger partial charge < -0.3 is 5.11 Å². The quantitative estimate of drug-likeness (QED) is 0.716. The second kappa shape index (κ2) is 4.19. The Bertz CT molecular complexity index is 722. The number of hydrogen-bond acceptors (Lipinski definition) is 5. The summed E-state index contributed by atoms with van der Waals surface area (Å²) in [5.41, 5.74) is 1.86. The number of aldehydes is 1. The van der Waals surface area contributed by atoms with E-state index in [4.69, 9.17) is 0 Å². The van der Waals surface area contributed by atoms with Crippen molar-refractivity contribution in [2.45, 2.75) is 0 Å². The SMILES string of the molecule is O=Cc1ccc2nc(-c3cccnc3)sc2c1O. The van der Waals surface area contributed by atoms with E-state index in [9.17, 15) is 9.90 Å². The number of rotatable bonds is 2. The molecular formula is C13H8N2O2S. The Morgan fingerprint density at radius 3 is 2.89 bits per heavy atom. The van der Waals surface area contributed by atoms with Crippen LogP contribution in [0.3, 0.4) is 0 Å². The number of benzene rings is 1. The van der Waals surface area contributed by atoms with Crippen molar-refractivity contribution in [1.29, 1.82) is 0 Å². The first-order chi connectivity index (χ1) is 8.79. The highest BCUT2D eigenvalue weighted by molar-refractivity contribution is 7.22. The maximum absolute atomic E-state index is 10.8. The molecule has 0 atom stereocenters. The molecule has 88 valence electrons. The van der Waals surface area contributed by atoms with Crippen LogP contribution in [-0.2, 0) is 0 Å². The first-order valence-corrected chi connectivity index (χ1v) is 6.09. The molecule has 0 saturated heterocycles. The Labute approximate surface area is 107 Å². The number of nitrogens with zero attached hydrogens (tertiary/aromatic N) is 2. The summed E-state index contributed by atoms with van der Waals surface area (Å²) >= 11 is 1.35. The summed E-state index contributed by atoms with van der Waals surface area (Å²) < 4.78 is 0.624. The van der Waals surface area contributed by atoms with Crippen LogP contribution in [0, 0.1) is 0 Å². The van der Waals surface area contributed by atoms with E-state index < -0.39 is 0 Å². The summed E-state index contributed by atoms with van der Waals surface area (Å²) in [6.45, 7) is 0. The van der Waals surface area contributed by atoms with Crippen molar-refractivity contribution in [1.82, 2.24) is 9.97 Å². The first kappa shape index (κ1) is 10.9. The molecule has 0 amide bonds. The number of aromatic nitrogens is 2. The summed E-state index contributed by atoms with van der Waals surface area (Å²) in [4.78, 5) is 19.2. The predicted molar refractivity (Wildman–Crippen MR) is 69.9 cm³/mol. The Hall–Kier alpha value is -2.27. The third-order valence-corrected chi connectivity index (χ3v) is 3.73. The minimum atomic E-state index is -0.00450. The Balaban J connectivity index is 2.23. The second-order valence-corrected chi connectivity index (χ2v) is 4.73. The van der Waals surface area contributed by atoms with Gasteiger partial charge in [0, 0.05) is 18.0 Å². The van der Waals surface area contributed by atoms with Crippen LogP contribution in [0.2, 0.25) is 0 Å². The van der Waals surface area contributed by atoms with Crippen molar-refractivity contribution >= 4 is 27.8 Å². The molecule has 5 heteroatoms. The summed E-state index contributed by atoms with van der Waals surface area (Å²) in [5.74, 6) is -0.00450. The van der Waals surface area contributed by atoms with Gasteiger partial charge in [0.25, 0.3) is 0 Å². The van der Waals surface area contributed by atoms with Crippen LogP contribution in [0.4, 0.5) is 0 Å². The molecular weight excluding hydrogens is 248 g/mol. The summed E-state index contributed by atoms with van der Waals surface area (Å²) in [6.07, 6.45) is 4.05. The molecule has 3 rings (SSSR count). The molecule has 1 N–H and O–H groups in total. The van der Waals surface area contributed by atoms with E-state index in [1.165, 1.54) is 11.3 Å². The second-order valence-electron chi connectivity index (χ2n) is 3.73. The minimum Gasteiger partial charge on any atom is -0.506 e. The number of thiazole rings is 1. The fourth-order valence-electron chi connectivity index (χ4n) is 1.70. The molecule has 18 heavy (non-hydrogen) atoms. The van der Waals surface area contributed by atoms with Crippen molar-refractivity contribution in [3.05, 3.63) is 42.2 Å². The fourth-order valence-corrected chi connectivity index (χ4v) is 2.71. The summed E-state index contributed by atoms with van der Waals surface area (Å²) in [6, 6.07) is 7.03. The summed E-state index contributed by atoms with van der Waals surface area (Å²) in [7, 11) is 0. The molecule has 0 saturated carbocycles. The molecule has 0 aliphatic rings. The highest BCUT2D eigenvalue weighted by Gasteiger charge is 2.12. The third-order valence-electron chi connectivity index (χ3n) is 2.60. The summed E-state index contributed by atoms with van der Waals surface area (Å²) in [5, 5.41) is 10.7. The molecule has 2 aromatic heterocycles. The van der Waals surface area contributed by atoms with E-state index in [-0.39, 0.29) is 11.3 Å². The first-order valence-electron chi connectivity index (χ1n) is 5.27. The van der Waals surface area contributed by atoms with Crippen LogP contribution in [0.1, 0.15) is 10.4 Å². The number of fused-ring (bicyclic) bond motifs is 1. The molecule has 0 radical (unpaired) electrons. The number of hydrogen-bond donors (Lipinski definition) is 1. The molecule has 4 nitrogen and oxygen atoms in total. The molecule has 0 spiro atoms.